The smallest absolute Gasteiger partial charge is 0.162 e. The first-order chi connectivity index (χ1) is 10.0. The average molecular weight is 356 g/mol. The van der Waals surface area contributed by atoms with Gasteiger partial charge in [0, 0.05) is 10.5 Å². The summed E-state index contributed by atoms with van der Waals surface area (Å²) < 4.78 is 32.9. The summed E-state index contributed by atoms with van der Waals surface area (Å²) >= 11 is 3.45. The molecule has 0 aliphatic heterocycles. The van der Waals surface area contributed by atoms with Crippen LogP contribution in [0.25, 0.3) is 0 Å². The van der Waals surface area contributed by atoms with E-state index in [1.54, 1.807) is 13.2 Å². The number of methoxy groups -OCH3 is 1. The van der Waals surface area contributed by atoms with Gasteiger partial charge >= 0.3 is 0 Å². The summed E-state index contributed by atoms with van der Waals surface area (Å²) in [4.78, 5) is 0. The highest BCUT2D eigenvalue weighted by molar-refractivity contribution is 9.10. The second-order valence-corrected chi connectivity index (χ2v) is 5.69. The maximum absolute atomic E-state index is 13.6. The van der Waals surface area contributed by atoms with E-state index >= 15 is 0 Å². The average Bonchev–Trinajstić information content (AvgIpc) is 2.46. The lowest BCUT2D eigenvalue weighted by atomic mass is 9.99. The van der Waals surface area contributed by atoms with Crippen molar-refractivity contribution in [1.82, 2.24) is 0 Å². The van der Waals surface area contributed by atoms with Crippen LogP contribution in [0.15, 0.2) is 40.9 Å². The molecule has 0 aliphatic carbocycles. The summed E-state index contributed by atoms with van der Waals surface area (Å²) in [5.74, 6) is -0.933. The quantitative estimate of drug-likeness (QED) is 0.883. The van der Waals surface area contributed by atoms with Crippen molar-refractivity contribution in [3.8, 4) is 5.75 Å². The van der Waals surface area contributed by atoms with Crippen LogP contribution in [-0.4, -0.2) is 13.2 Å². The Morgan fingerprint density at radius 1 is 1.14 bits per heavy atom. The van der Waals surface area contributed by atoms with Crippen LogP contribution in [0.2, 0.25) is 0 Å². The van der Waals surface area contributed by atoms with E-state index in [1.165, 1.54) is 6.07 Å². The molecule has 2 aromatic rings. The Morgan fingerprint density at radius 3 is 2.57 bits per heavy atom. The zero-order valence-electron chi connectivity index (χ0n) is 11.6. The molecule has 0 aliphatic rings. The van der Waals surface area contributed by atoms with Gasteiger partial charge in [0.2, 0.25) is 0 Å². The lowest BCUT2D eigenvalue weighted by Gasteiger charge is -2.14. The Morgan fingerprint density at radius 2 is 1.86 bits per heavy atom. The van der Waals surface area contributed by atoms with Gasteiger partial charge in [0.05, 0.1) is 7.11 Å². The molecule has 112 valence electrons. The lowest BCUT2D eigenvalue weighted by Crippen LogP contribution is -2.26. The summed E-state index contributed by atoms with van der Waals surface area (Å²) in [6, 6.07) is 9.43. The fourth-order valence-electron chi connectivity index (χ4n) is 2.18. The Labute approximate surface area is 131 Å². The van der Waals surface area contributed by atoms with Crippen molar-refractivity contribution in [2.45, 2.75) is 18.9 Å². The van der Waals surface area contributed by atoms with Crippen LogP contribution >= 0.6 is 15.9 Å². The number of ether oxygens (including phenoxy) is 1. The molecule has 0 amide bonds. The van der Waals surface area contributed by atoms with Crippen LogP contribution in [-0.2, 0) is 12.8 Å². The summed E-state index contributed by atoms with van der Waals surface area (Å²) in [7, 11) is 1.59. The van der Waals surface area contributed by atoms with Crippen molar-refractivity contribution >= 4 is 15.9 Å². The van der Waals surface area contributed by atoms with E-state index in [2.05, 4.69) is 15.9 Å². The van der Waals surface area contributed by atoms with Crippen LogP contribution in [0.3, 0.4) is 0 Å². The maximum atomic E-state index is 13.6. The van der Waals surface area contributed by atoms with E-state index in [9.17, 15) is 8.78 Å². The second kappa shape index (κ2) is 7.00. The minimum Gasteiger partial charge on any atom is -0.497 e. The minimum absolute atomic E-state index is 0.271. The molecule has 1 unspecified atom stereocenters. The van der Waals surface area contributed by atoms with Crippen LogP contribution < -0.4 is 10.5 Å². The van der Waals surface area contributed by atoms with Crippen LogP contribution in [0.5, 0.6) is 5.75 Å². The molecular weight excluding hydrogens is 340 g/mol. The number of nitrogens with two attached hydrogens (primary N) is 1. The van der Waals surface area contributed by atoms with E-state index in [0.717, 1.165) is 21.9 Å². The molecule has 0 saturated carbocycles. The van der Waals surface area contributed by atoms with Crippen molar-refractivity contribution < 1.29 is 13.5 Å². The number of benzene rings is 2. The molecule has 0 heterocycles. The highest BCUT2D eigenvalue weighted by Crippen LogP contribution is 2.24. The summed E-state index contributed by atoms with van der Waals surface area (Å²) in [5.41, 5.74) is 7.33. The third-order valence-corrected chi connectivity index (χ3v) is 4.02. The second-order valence-electron chi connectivity index (χ2n) is 4.84. The topological polar surface area (TPSA) is 35.2 Å². The molecule has 0 saturated heterocycles. The molecule has 5 heteroatoms. The van der Waals surface area contributed by atoms with E-state index in [-0.39, 0.29) is 12.5 Å². The molecular formula is C16H16BrF2NO. The van der Waals surface area contributed by atoms with Gasteiger partial charge in [0.1, 0.15) is 5.75 Å². The molecule has 2 N–H and O–H groups in total. The summed E-state index contributed by atoms with van der Waals surface area (Å²) in [5, 5.41) is 0. The Bertz CT molecular complexity index is 634. The van der Waals surface area contributed by atoms with Gasteiger partial charge in [-0.15, -0.1) is 0 Å². The van der Waals surface area contributed by atoms with Crippen molar-refractivity contribution in [2.24, 2.45) is 5.73 Å². The fourth-order valence-corrected chi connectivity index (χ4v) is 2.59. The van der Waals surface area contributed by atoms with E-state index in [1.807, 2.05) is 18.2 Å². The van der Waals surface area contributed by atoms with E-state index in [4.69, 9.17) is 10.5 Å². The Balaban J connectivity index is 2.11. The number of hydrogen-bond donors (Lipinski definition) is 1. The third-order valence-electron chi connectivity index (χ3n) is 3.25. The largest absolute Gasteiger partial charge is 0.497 e. The van der Waals surface area contributed by atoms with E-state index < -0.39 is 11.6 Å². The monoisotopic (exact) mass is 355 g/mol. The van der Waals surface area contributed by atoms with E-state index in [0.29, 0.717) is 12.0 Å². The van der Waals surface area contributed by atoms with Gasteiger partial charge in [0.25, 0.3) is 0 Å². The minimum atomic E-state index is -0.845. The fraction of sp³-hybridized carbons (Fsp3) is 0.250. The molecule has 2 rings (SSSR count). The molecule has 2 nitrogen and oxygen atoms in total. The predicted molar refractivity (Wildman–Crippen MR) is 82.4 cm³/mol. The van der Waals surface area contributed by atoms with Gasteiger partial charge < -0.3 is 10.5 Å². The van der Waals surface area contributed by atoms with Crippen molar-refractivity contribution in [2.75, 3.05) is 7.11 Å². The summed E-state index contributed by atoms with van der Waals surface area (Å²) in [6.45, 7) is 0. The first-order valence-electron chi connectivity index (χ1n) is 6.52. The lowest BCUT2D eigenvalue weighted by molar-refractivity contribution is 0.414. The predicted octanol–water partition coefficient (Wildman–Crippen LogP) is 3.85. The Kier molecular flexibility index (Phi) is 5.31. The van der Waals surface area contributed by atoms with Gasteiger partial charge in [-0.3, -0.25) is 0 Å². The van der Waals surface area contributed by atoms with Crippen molar-refractivity contribution in [3.05, 3.63) is 63.6 Å². The molecule has 0 fully saturated rings. The molecule has 21 heavy (non-hydrogen) atoms. The Hall–Kier alpha value is -1.46. The van der Waals surface area contributed by atoms with Crippen LogP contribution in [0.1, 0.15) is 11.1 Å². The molecule has 2 aromatic carbocycles. The van der Waals surface area contributed by atoms with Crippen LogP contribution in [0.4, 0.5) is 8.78 Å². The number of halogens is 3. The molecule has 0 spiro atoms. The molecule has 0 radical (unpaired) electrons. The van der Waals surface area contributed by atoms with Gasteiger partial charge in [-0.05, 0) is 48.2 Å². The number of rotatable bonds is 5. The van der Waals surface area contributed by atoms with Crippen molar-refractivity contribution in [1.29, 1.82) is 0 Å². The highest BCUT2D eigenvalue weighted by atomic mass is 79.9. The molecule has 0 bridgehead atoms. The zero-order valence-corrected chi connectivity index (χ0v) is 13.2. The van der Waals surface area contributed by atoms with Gasteiger partial charge in [-0.25, -0.2) is 8.78 Å². The van der Waals surface area contributed by atoms with Gasteiger partial charge in [-0.2, -0.15) is 0 Å². The summed E-state index contributed by atoms with van der Waals surface area (Å²) in [6.07, 6.45) is 0.807. The first-order valence-corrected chi connectivity index (χ1v) is 7.31. The first kappa shape index (κ1) is 15.9. The van der Waals surface area contributed by atoms with Crippen LogP contribution in [0, 0.1) is 11.6 Å². The highest BCUT2D eigenvalue weighted by Gasteiger charge is 2.13. The third kappa shape index (κ3) is 4.02. The maximum Gasteiger partial charge on any atom is 0.162 e. The standard InChI is InChI=1S/C16H16BrF2NO/c1-21-13-5-6-14(17)11(9-13)8-12(20)7-10-3-2-4-15(18)16(10)19/h2-6,9,12H,7-8,20H2,1H3. The normalized spacial score (nSPS) is 12.2. The van der Waals surface area contributed by atoms with Crippen molar-refractivity contribution in [3.63, 3.8) is 0 Å². The SMILES string of the molecule is COc1ccc(Br)c(CC(N)Cc2cccc(F)c2F)c1. The van der Waals surface area contributed by atoms with Gasteiger partial charge in [-0.1, -0.05) is 28.1 Å². The molecule has 0 aromatic heterocycles. The number of hydrogen-bond acceptors (Lipinski definition) is 2. The molecule has 1 atom stereocenters. The van der Waals surface area contributed by atoms with Gasteiger partial charge in [0.15, 0.2) is 11.6 Å². The zero-order chi connectivity index (χ0) is 15.4.